The lowest BCUT2D eigenvalue weighted by molar-refractivity contribution is -0.137. The smallest absolute Gasteiger partial charge is 0.354 e. The van der Waals surface area contributed by atoms with Crippen LogP contribution in [0.25, 0.3) is 15.9 Å². The second-order valence-corrected chi connectivity index (χ2v) is 9.55. The number of nitrogens with zero attached hydrogens (tertiary/aromatic N) is 3. The molecule has 1 aliphatic rings. The predicted molar refractivity (Wildman–Crippen MR) is 121 cm³/mol. The van der Waals surface area contributed by atoms with E-state index < -0.39 is 17.3 Å². The number of rotatable bonds is 6. The van der Waals surface area contributed by atoms with E-state index >= 15 is 0 Å². The minimum atomic E-state index is -4.56. The molecule has 0 atom stereocenters. The van der Waals surface area contributed by atoms with Crippen LogP contribution in [0.2, 0.25) is 0 Å². The van der Waals surface area contributed by atoms with Crippen molar-refractivity contribution in [1.82, 2.24) is 14.9 Å². The monoisotopic (exact) mass is 492 g/mol. The van der Waals surface area contributed by atoms with E-state index in [1.54, 1.807) is 0 Å². The number of nitriles is 1. The maximum atomic E-state index is 13.6. The first-order chi connectivity index (χ1) is 15.8. The van der Waals surface area contributed by atoms with E-state index in [4.69, 9.17) is 5.26 Å². The van der Waals surface area contributed by atoms with Gasteiger partial charge in [-0.05, 0) is 49.4 Å². The molecule has 0 bridgehead atoms. The first-order valence-corrected chi connectivity index (χ1v) is 12.1. The van der Waals surface area contributed by atoms with E-state index in [9.17, 15) is 22.8 Å². The Labute approximate surface area is 195 Å². The topological polar surface area (TPSA) is 87.8 Å². The number of aromatic nitrogens is 2. The zero-order chi connectivity index (χ0) is 23.6. The molecule has 0 saturated carbocycles. The number of hydrogen-bond acceptors (Lipinski definition) is 6. The molecule has 1 aromatic carbocycles. The van der Waals surface area contributed by atoms with Gasteiger partial charge in [-0.1, -0.05) is 17.8 Å². The fourth-order valence-corrected chi connectivity index (χ4v) is 5.92. The first kappa shape index (κ1) is 23.3. The molecule has 33 heavy (non-hydrogen) atoms. The standard InChI is InChI=1S/C22H19F3N4O2S2/c23-22(24,25)13-5-3-6-14(11-13)29-20(31)18-15-7-1-2-8-16(15)33-19(18)28-21(29)32-12-17(30)27-10-4-9-26/h3,5-6,11H,1-2,4,7-8,10,12H2,(H,27,30). The highest BCUT2D eigenvalue weighted by Crippen LogP contribution is 2.36. The van der Waals surface area contributed by atoms with Gasteiger partial charge >= 0.3 is 6.18 Å². The van der Waals surface area contributed by atoms with Gasteiger partial charge in [-0.2, -0.15) is 18.4 Å². The van der Waals surface area contributed by atoms with Crippen LogP contribution in [0.5, 0.6) is 0 Å². The Kier molecular flexibility index (Phi) is 6.76. The third-order valence-electron chi connectivity index (χ3n) is 5.28. The Morgan fingerprint density at radius 1 is 1.30 bits per heavy atom. The van der Waals surface area contributed by atoms with Crippen LogP contribution in [-0.4, -0.2) is 27.8 Å². The van der Waals surface area contributed by atoms with Crippen molar-refractivity contribution in [1.29, 1.82) is 5.26 Å². The number of nitrogens with one attached hydrogen (secondary N) is 1. The van der Waals surface area contributed by atoms with Crippen LogP contribution >= 0.6 is 23.1 Å². The first-order valence-electron chi connectivity index (χ1n) is 10.3. The molecule has 0 fully saturated rings. The van der Waals surface area contributed by atoms with E-state index in [-0.39, 0.29) is 35.5 Å². The molecule has 11 heteroatoms. The van der Waals surface area contributed by atoms with Gasteiger partial charge in [-0.3, -0.25) is 14.2 Å². The summed E-state index contributed by atoms with van der Waals surface area (Å²) in [6, 6.07) is 6.48. The molecule has 0 aliphatic heterocycles. The molecule has 0 spiro atoms. The fraction of sp³-hybridized carbons (Fsp3) is 0.364. The molecule has 0 unspecified atom stereocenters. The third-order valence-corrected chi connectivity index (χ3v) is 7.41. The number of aryl methyl sites for hydroxylation is 2. The summed E-state index contributed by atoms with van der Waals surface area (Å²) in [5, 5.41) is 11.8. The minimum Gasteiger partial charge on any atom is -0.354 e. The maximum Gasteiger partial charge on any atom is 0.416 e. The van der Waals surface area contributed by atoms with Crippen molar-refractivity contribution >= 4 is 39.2 Å². The number of amides is 1. The van der Waals surface area contributed by atoms with Crippen molar-refractivity contribution in [3.8, 4) is 11.8 Å². The van der Waals surface area contributed by atoms with Crippen molar-refractivity contribution in [2.75, 3.05) is 12.3 Å². The Balaban J connectivity index is 1.81. The number of thiophene rings is 1. The molecule has 0 radical (unpaired) electrons. The Hall–Kier alpha value is -2.84. The summed E-state index contributed by atoms with van der Waals surface area (Å²) >= 11 is 2.41. The minimum absolute atomic E-state index is 0.0485. The molecule has 0 saturated heterocycles. The zero-order valence-electron chi connectivity index (χ0n) is 17.4. The highest BCUT2D eigenvalue weighted by Gasteiger charge is 2.31. The molecule has 2 aromatic heterocycles. The Morgan fingerprint density at radius 3 is 2.85 bits per heavy atom. The third kappa shape index (κ3) is 4.91. The molecule has 1 N–H and O–H groups in total. The van der Waals surface area contributed by atoms with Gasteiger partial charge in [-0.15, -0.1) is 11.3 Å². The molecule has 6 nitrogen and oxygen atoms in total. The van der Waals surface area contributed by atoms with Crippen LogP contribution in [0.1, 0.15) is 35.3 Å². The summed E-state index contributed by atoms with van der Waals surface area (Å²) in [6.45, 7) is 0.195. The average Bonchev–Trinajstić information content (AvgIpc) is 3.16. The van der Waals surface area contributed by atoms with E-state index in [1.165, 1.54) is 28.0 Å². The number of hydrogen-bond donors (Lipinski definition) is 1. The van der Waals surface area contributed by atoms with Crippen LogP contribution in [0.4, 0.5) is 13.2 Å². The van der Waals surface area contributed by atoms with Crippen LogP contribution in [0.15, 0.2) is 34.2 Å². The lowest BCUT2D eigenvalue weighted by Crippen LogP contribution is -2.27. The van der Waals surface area contributed by atoms with Crippen molar-refractivity contribution < 1.29 is 18.0 Å². The summed E-state index contributed by atoms with van der Waals surface area (Å²) in [5.41, 5.74) is -0.312. The quantitative estimate of drug-likeness (QED) is 0.312. The lowest BCUT2D eigenvalue weighted by atomic mass is 9.97. The van der Waals surface area contributed by atoms with Crippen LogP contribution < -0.4 is 10.9 Å². The van der Waals surface area contributed by atoms with Crippen LogP contribution in [-0.2, 0) is 23.8 Å². The van der Waals surface area contributed by atoms with Gasteiger partial charge in [0.25, 0.3) is 5.56 Å². The fourth-order valence-electron chi connectivity index (χ4n) is 3.77. The molecule has 2 heterocycles. The molecule has 4 rings (SSSR count). The van der Waals surface area contributed by atoms with Crippen molar-refractivity contribution in [2.45, 2.75) is 43.4 Å². The molecule has 172 valence electrons. The summed E-state index contributed by atoms with van der Waals surface area (Å²) in [4.78, 5) is 32.0. The van der Waals surface area contributed by atoms with E-state index in [0.717, 1.165) is 60.0 Å². The average molecular weight is 493 g/mol. The SMILES string of the molecule is N#CCCNC(=O)CSc1nc2sc3c(c2c(=O)n1-c1cccc(C(F)(F)F)c1)CCCC3. The van der Waals surface area contributed by atoms with Gasteiger partial charge in [0.2, 0.25) is 5.91 Å². The van der Waals surface area contributed by atoms with E-state index in [2.05, 4.69) is 10.3 Å². The Bertz CT molecular complexity index is 1310. The molecule has 1 aliphatic carbocycles. The highest BCUT2D eigenvalue weighted by molar-refractivity contribution is 7.99. The van der Waals surface area contributed by atoms with Crippen LogP contribution in [0, 0.1) is 11.3 Å². The van der Waals surface area contributed by atoms with Gasteiger partial charge in [-0.25, -0.2) is 4.98 Å². The number of alkyl halides is 3. The van der Waals surface area contributed by atoms with Gasteiger partial charge < -0.3 is 5.32 Å². The van der Waals surface area contributed by atoms with Crippen LogP contribution in [0.3, 0.4) is 0 Å². The van der Waals surface area contributed by atoms with Gasteiger partial charge in [0.1, 0.15) is 4.83 Å². The number of benzene rings is 1. The number of fused-ring (bicyclic) bond motifs is 3. The lowest BCUT2D eigenvalue weighted by Gasteiger charge is -2.15. The second-order valence-electron chi connectivity index (χ2n) is 7.52. The van der Waals surface area contributed by atoms with E-state index in [1.807, 2.05) is 6.07 Å². The largest absolute Gasteiger partial charge is 0.416 e. The van der Waals surface area contributed by atoms with Crippen molar-refractivity contribution in [3.63, 3.8) is 0 Å². The zero-order valence-corrected chi connectivity index (χ0v) is 19.0. The van der Waals surface area contributed by atoms with Gasteiger partial charge in [0.05, 0.1) is 34.9 Å². The second kappa shape index (κ2) is 9.57. The summed E-state index contributed by atoms with van der Waals surface area (Å²) in [7, 11) is 0. The molecule has 3 aromatic rings. The summed E-state index contributed by atoms with van der Waals surface area (Å²) < 4.78 is 41.2. The summed E-state index contributed by atoms with van der Waals surface area (Å²) in [6.07, 6.45) is -0.845. The molecular weight excluding hydrogens is 473 g/mol. The number of carbonyl (C=O) groups is 1. The number of halogens is 3. The molecule has 1 amide bonds. The normalized spacial score (nSPS) is 13.5. The Morgan fingerprint density at radius 2 is 2.09 bits per heavy atom. The van der Waals surface area contributed by atoms with Crippen molar-refractivity contribution in [3.05, 3.63) is 50.6 Å². The highest BCUT2D eigenvalue weighted by atomic mass is 32.2. The molecular formula is C22H19F3N4O2S2. The van der Waals surface area contributed by atoms with Crippen molar-refractivity contribution in [2.24, 2.45) is 0 Å². The van der Waals surface area contributed by atoms with Gasteiger partial charge in [0.15, 0.2) is 5.16 Å². The number of thioether (sulfide) groups is 1. The summed E-state index contributed by atoms with van der Waals surface area (Å²) in [5.74, 6) is -0.446. The predicted octanol–water partition coefficient (Wildman–Crippen LogP) is 4.47. The maximum absolute atomic E-state index is 13.6. The van der Waals surface area contributed by atoms with E-state index in [0.29, 0.717) is 10.2 Å². The van der Waals surface area contributed by atoms with Gasteiger partial charge in [0, 0.05) is 11.4 Å². The number of carbonyl (C=O) groups excluding carboxylic acids is 1.